The molecule has 2 aromatic carbocycles. The molecule has 0 bridgehead atoms. The highest BCUT2D eigenvalue weighted by Gasteiger charge is 2.12. The highest BCUT2D eigenvalue weighted by molar-refractivity contribution is 5.90. The summed E-state index contributed by atoms with van der Waals surface area (Å²) in [5, 5.41) is 0. The summed E-state index contributed by atoms with van der Waals surface area (Å²) in [5.41, 5.74) is 2.35. The normalized spacial score (nSPS) is 10.7. The molecule has 0 amide bonds. The Morgan fingerprint density at radius 2 is 1.90 bits per heavy atom. The minimum absolute atomic E-state index is 0.240. The molecule has 0 radical (unpaired) electrons. The first-order valence-electron chi connectivity index (χ1n) is 6.69. The van der Waals surface area contributed by atoms with Gasteiger partial charge in [0.15, 0.2) is 0 Å². The van der Waals surface area contributed by atoms with Crippen LogP contribution < -0.4 is 0 Å². The number of benzene rings is 2. The minimum Gasteiger partial charge on any atom is -0.465 e. The molecule has 0 atom stereocenters. The third-order valence-corrected chi connectivity index (χ3v) is 3.20. The molecule has 0 saturated heterocycles. The molecule has 0 aliphatic heterocycles. The highest BCUT2D eigenvalue weighted by atomic mass is 19.1. The summed E-state index contributed by atoms with van der Waals surface area (Å²) in [4.78, 5) is 13.8. The van der Waals surface area contributed by atoms with E-state index in [9.17, 15) is 9.18 Å². The molecule has 2 rings (SSSR count). The van der Waals surface area contributed by atoms with Crippen LogP contribution >= 0.6 is 0 Å². The SMILES string of the molecule is COC(=O)c1ccccc1CN(C)Cc1cccc(F)c1. The van der Waals surface area contributed by atoms with E-state index < -0.39 is 0 Å². The standard InChI is InChI=1S/C17H18FNO2/c1-19(11-13-6-5-8-15(18)10-13)12-14-7-3-4-9-16(14)17(20)21-2/h3-10H,11-12H2,1-2H3. The summed E-state index contributed by atoms with van der Waals surface area (Å²) in [7, 11) is 3.30. The van der Waals surface area contributed by atoms with Gasteiger partial charge in [0.2, 0.25) is 0 Å². The van der Waals surface area contributed by atoms with Gasteiger partial charge in [0.05, 0.1) is 12.7 Å². The molecule has 0 N–H and O–H groups in total. The molecule has 0 aromatic heterocycles. The number of carbonyl (C=O) groups is 1. The Morgan fingerprint density at radius 3 is 2.62 bits per heavy atom. The average Bonchev–Trinajstić information content (AvgIpc) is 2.47. The smallest absolute Gasteiger partial charge is 0.338 e. The Bertz CT molecular complexity index is 628. The fourth-order valence-electron chi connectivity index (χ4n) is 2.26. The minimum atomic E-state index is -0.343. The highest BCUT2D eigenvalue weighted by Crippen LogP contribution is 2.14. The van der Waals surface area contributed by atoms with Gasteiger partial charge in [-0.05, 0) is 36.4 Å². The van der Waals surface area contributed by atoms with Gasteiger partial charge in [0.25, 0.3) is 0 Å². The summed E-state index contributed by atoms with van der Waals surface area (Å²) in [5.74, 6) is -0.583. The van der Waals surface area contributed by atoms with Crippen LogP contribution in [-0.2, 0) is 17.8 Å². The number of carbonyl (C=O) groups excluding carboxylic acids is 1. The number of ether oxygens (including phenoxy) is 1. The van der Waals surface area contributed by atoms with Crippen molar-refractivity contribution in [3.8, 4) is 0 Å². The Hall–Kier alpha value is -2.20. The molecule has 0 heterocycles. The molecule has 0 fully saturated rings. The molecule has 3 nitrogen and oxygen atoms in total. The average molecular weight is 287 g/mol. The van der Waals surface area contributed by atoms with Gasteiger partial charge in [-0.1, -0.05) is 30.3 Å². The fraction of sp³-hybridized carbons (Fsp3) is 0.235. The number of methoxy groups -OCH3 is 1. The van der Waals surface area contributed by atoms with Crippen molar-refractivity contribution in [1.29, 1.82) is 0 Å². The molecule has 21 heavy (non-hydrogen) atoms. The summed E-state index contributed by atoms with van der Waals surface area (Å²) < 4.78 is 18.0. The van der Waals surface area contributed by atoms with Crippen molar-refractivity contribution in [2.75, 3.05) is 14.2 Å². The van der Waals surface area contributed by atoms with Crippen molar-refractivity contribution >= 4 is 5.97 Å². The van der Waals surface area contributed by atoms with E-state index in [1.807, 2.05) is 36.2 Å². The number of esters is 1. The predicted octanol–water partition coefficient (Wildman–Crippen LogP) is 3.24. The third kappa shape index (κ3) is 4.13. The summed E-state index contributed by atoms with van der Waals surface area (Å²) in [6, 6.07) is 13.9. The second-order valence-corrected chi connectivity index (χ2v) is 4.95. The van der Waals surface area contributed by atoms with E-state index in [4.69, 9.17) is 4.74 Å². The van der Waals surface area contributed by atoms with Crippen molar-refractivity contribution in [3.63, 3.8) is 0 Å². The molecule has 2 aromatic rings. The Balaban J connectivity index is 2.09. The molecule has 0 aliphatic rings. The van der Waals surface area contributed by atoms with Gasteiger partial charge in [0.1, 0.15) is 5.82 Å². The van der Waals surface area contributed by atoms with E-state index in [0.29, 0.717) is 18.7 Å². The first kappa shape index (κ1) is 15.2. The molecule has 0 unspecified atom stereocenters. The van der Waals surface area contributed by atoms with Crippen molar-refractivity contribution in [1.82, 2.24) is 4.90 Å². The second-order valence-electron chi connectivity index (χ2n) is 4.95. The molecular formula is C17H18FNO2. The van der Waals surface area contributed by atoms with Gasteiger partial charge in [-0.15, -0.1) is 0 Å². The molecule has 4 heteroatoms. The van der Waals surface area contributed by atoms with Crippen LogP contribution in [0.2, 0.25) is 0 Å². The Morgan fingerprint density at radius 1 is 1.14 bits per heavy atom. The van der Waals surface area contributed by atoms with Crippen LogP contribution in [0, 0.1) is 5.82 Å². The van der Waals surface area contributed by atoms with Crippen molar-refractivity contribution in [3.05, 3.63) is 71.0 Å². The predicted molar refractivity (Wildman–Crippen MR) is 79.4 cm³/mol. The van der Waals surface area contributed by atoms with Crippen LogP contribution in [0.4, 0.5) is 4.39 Å². The first-order chi connectivity index (χ1) is 10.1. The number of rotatable bonds is 5. The molecule has 0 spiro atoms. The van der Waals surface area contributed by atoms with Crippen LogP contribution in [0.25, 0.3) is 0 Å². The van der Waals surface area contributed by atoms with Crippen LogP contribution in [0.5, 0.6) is 0 Å². The topological polar surface area (TPSA) is 29.5 Å². The van der Waals surface area contributed by atoms with Gasteiger partial charge in [-0.25, -0.2) is 9.18 Å². The Labute approximate surface area is 124 Å². The molecule has 0 aliphatic carbocycles. The lowest BCUT2D eigenvalue weighted by atomic mass is 10.1. The molecule has 0 saturated carbocycles. The van der Waals surface area contributed by atoms with Gasteiger partial charge < -0.3 is 4.74 Å². The van der Waals surface area contributed by atoms with Gasteiger partial charge in [-0.3, -0.25) is 4.90 Å². The maximum absolute atomic E-state index is 13.2. The zero-order valence-electron chi connectivity index (χ0n) is 12.2. The van der Waals surface area contributed by atoms with Crippen LogP contribution in [0.15, 0.2) is 48.5 Å². The van der Waals surface area contributed by atoms with E-state index in [-0.39, 0.29) is 11.8 Å². The number of hydrogen-bond donors (Lipinski definition) is 0. The quantitative estimate of drug-likeness (QED) is 0.791. The molecular weight excluding hydrogens is 269 g/mol. The van der Waals surface area contributed by atoms with Gasteiger partial charge in [-0.2, -0.15) is 0 Å². The van der Waals surface area contributed by atoms with E-state index in [1.165, 1.54) is 19.2 Å². The molecule has 110 valence electrons. The van der Waals surface area contributed by atoms with Crippen LogP contribution in [0.1, 0.15) is 21.5 Å². The first-order valence-corrected chi connectivity index (χ1v) is 6.69. The van der Waals surface area contributed by atoms with E-state index in [1.54, 1.807) is 12.1 Å². The summed E-state index contributed by atoms with van der Waals surface area (Å²) >= 11 is 0. The van der Waals surface area contributed by atoms with Crippen LogP contribution in [-0.4, -0.2) is 25.0 Å². The van der Waals surface area contributed by atoms with Crippen molar-refractivity contribution in [2.45, 2.75) is 13.1 Å². The second kappa shape index (κ2) is 6.99. The Kier molecular flexibility index (Phi) is 5.06. The number of hydrogen-bond acceptors (Lipinski definition) is 3. The van der Waals surface area contributed by atoms with Crippen LogP contribution in [0.3, 0.4) is 0 Å². The largest absolute Gasteiger partial charge is 0.465 e. The van der Waals surface area contributed by atoms with Crippen molar-refractivity contribution in [2.24, 2.45) is 0 Å². The van der Waals surface area contributed by atoms with Crippen molar-refractivity contribution < 1.29 is 13.9 Å². The summed E-state index contributed by atoms with van der Waals surface area (Å²) in [6.07, 6.45) is 0. The lowest BCUT2D eigenvalue weighted by molar-refractivity contribution is 0.0598. The van der Waals surface area contributed by atoms with Gasteiger partial charge in [0, 0.05) is 13.1 Å². The third-order valence-electron chi connectivity index (χ3n) is 3.20. The lowest BCUT2D eigenvalue weighted by Crippen LogP contribution is -2.19. The monoisotopic (exact) mass is 287 g/mol. The van der Waals surface area contributed by atoms with E-state index in [0.717, 1.165) is 11.1 Å². The summed E-state index contributed by atoms with van der Waals surface area (Å²) in [6.45, 7) is 1.19. The van der Waals surface area contributed by atoms with E-state index in [2.05, 4.69) is 0 Å². The number of halogens is 1. The fourth-order valence-corrected chi connectivity index (χ4v) is 2.26. The number of nitrogens with zero attached hydrogens (tertiary/aromatic N) is 1. The zero-order chi connectivity index (χ0) is 15.2. The van der Waals surface area contributed by atoms with E-state index >= 15 is 0 Å². The zero-order valence-corrected chi connectivity index (χ0v) is 12.2. The van der Waals surface area contributed by atoms with Gasteiger partial charge >= 0.3 is 5.97 Å². The maximum atomic E-state index is 13.2. The maximum Gasteiger partial charge on any atom is 0.338 e. The lowest BCUT2D eigenvalue weighted by Gasteiger charge is -2.18.